The highest BCUT2D eigenvalue weighted by Crippen LogP contribution is 2.20. The molecule has 7 nitrogen and oxygen atoms in total. The number of esters is 1. The summed E-state index contributed by atoms with van der Waals surface area (Å²) in [5.74, 6) is -1.15. The molecule has 1 aromatic carbocycles. The number of anilines is 1. The van der Waals surface area contributed by atoms with Gasteiger partial charge in [-0.05, 0) is 42.8 Å². The zero-order valence-electron chi connectivity index (χ0n) is 15.1. The molecule has 0 spiro atoms. The lowest BCUT2D eigenvalue weighted by Crippen LogP contribution is -2.35. The molecule has 3 rings (SSSR count). The van der Waals surface area contributed by atoms with Gasteiger partial charge < -0.3 is 14.0 Å². The largest absolute Gasteiger partial charge is 0.451 e. The second-order valence-electron chi connectivity index (χ2n) is 6.11. The van der Waals surface area contributed by atoms with Gasteiger partial charge in [-0.1, -0.05) is 17.7 Å². The van der Waals surface area contributed by atoms with Gasteiger partial charge in [0.05, 0.1) is 12.5 Å². The maximum Gasteiger partial charge on any atom is 0.359 e. The van der Waals surface area contributed by atoms with Crippen LogP contribution in [0.3, 0.4) is 0 Å². The Morgan fingerprint density at radius 1 is 1.32 bits per heavy atom. The SMILES string of the molecule is Cc1ccn2cc(C(=O)OCC(=O)N(CCC#N)c3cccc(Cl)c3)nc2c1. The number of aryl methyl sites for hydroxylation is 1. The maximum absolute atomic E-state index is 12.6. The third-order valence-corrected chi connectivity index (χ3v) is 4.25. The Labute approximate surface area is 166 Å². The summed E-state index contributed by atoms with van der Waals surface area (Å²) in [6.07, 6.45) is 3.48. The molecule has 142 valence electrons. The molecule has 3 aromatic rings. The third kappa shape index (κ3) is 4.48. The Balaban J connectivity index is 1.70. The fourth-order valence-electron chi connectivity index (χ4n) is 2.66. The molecule has 0 aliphatic heterocycles. The molecule has 8 heteroatoms. The first kappa shape index (κ1) is 19.4. The molecule has 0 aliphatic rings. The minimum absolute atomic E-state index is 0.115. The summed E-state index contributed by atoms with van der Waals surface area (Å²) in [5.41, 5.74) is 2.28. The van der Waals surface area contributed by atoms with E-state index in [1.807, 2.05) is 25.1 Å². The van der Waals surface area contributed by atoms with E-state index < -0.39 is 18.5 Å². The number of amides is 1. The van der Waals surface area contributed by atoms with Crippen molar-refractivity contribution in [1.29, 1.82) is 5.26 Å². The smallest absolute Gasteiger partial charge is 0.359 e. The van der Waals surface area contributed by atoms with Gasteiger partial charge in [0.15, 0.2) is 12.3 Å². The molecular weight excluding hydrogens is 380 g/mol. The van der Waals surface area contributed by atoms with Crippen LogP contribution in [0.15, 0.2) is 48.8 Å². The van der Waals surface area contributed by atoms with Crippen LogP contribution in [0, 0.1) is 18.3 Å². The van der Waals surface area contributed by atoms with Crippen LogP contribution in [0.1, 0.15) is 22.5 Å². The van der Waals surface area contributed by atoms with Crippen LogP contribution in [0.2, 0.25) is 5.02 Å². The maximum atomic E-state index is 12.6. The quantitative estimate of drug-likeness (QED) is 0.596. The van der Waals surface area contributed by atoms with Crippen LogP contribution in [0.4, 0.5) is 5.69 Å². The van der Waals surface area contributed by atoms with Gasteiger partial charge in [0.1, 0.15) is 5.65 Å². The van der Waals surface area contributed by atoms with Gasteiger partial charge in [-0.15, -0.1) is 0 Å². The number of carbonyl (C=O) groups excluding carboxylic acids is 2. The first-order chi connectivity index (χ1) is 13.5. The predicted molar refractivity (Wildman–Crippen MR) is 104 cm³/mol. The summed E-state index contributed by atoms with van der Waals surface area (Å²) in [6.45, 7) is 1.63. The van der Waals surface area contributed by atoms with E-state index in [1.165, 1.54) is 4.90 Å². The summed E-state index contributed by atoms with van der Waals surface area (Å²) in [7, 11) is 0. The molecule has 0 N–H and O–H groups in total. The number of fused-ring (bicyclic) bond motifs is 1. The van der Waals surface area contributed by atoms with Gasteiger partial charge >= 0.3 is 5.97 Å². The summed E-state index contributed by atoms with van der Waals surface area (Å²) in [6, 6.07) is 12.4. The number of hydrogen-bond acceptors (Lipinski definition) is 5. The van der Waals surface area contributed by atoms with Crippen LogP contribution in [-0.2, 0) is 9.53 Å². The number of imidazole rings is 1. The topological polar surface area (TPSA) is 87.7 Å². The highest BCUT2D eigenvalue weighted by molar-refractivity contribution is 6.30. The Morgan fingerprint density at radius 2 is 2.14 bits per heavy atom. The fraction of sp³-hybridized carbons (Fsp3) is 0.200. The molecule has 0 unspecified atom stereocenters. The standard InChI is InChI=1S/C20H17ClN4O3/c1-14-6-9-24-12-17(23-18(24)10-14)20(27)28-13-19(26)25(8-3-7-22)16-5-2-4-15(21)11-16/h2,4-6,9-12H,3,8,13H2,1H3. The van der Waals surface area contributed by atoms with Crippen molar-refractivity contribution < 1.29 is 14.3 Å². The second-order valence-corrected chi connectivity index (χ2v) is 6.54. The molecule has 0 bridgehead atoms. The Hall–Kier alpha value is -3.37. The van der Waals surface area contributed by atoms with E-state index in [4.69, 9.17) is 21.6 Å². The van der Waals surface area contributed by atoms with Crippen LogP contribution in [0.5, 0.6) is 0 Å². The van der Waals surface area contributed by atoms with Gasteiger partial charge in [0, 0.05) is 29.6 Å². The molecule has 0 saturated heterocycles. The molecule has 2 aromatic heterocycles. The average Bonchev–Trinajstić information content (AvgIpc) is 3.09. The highest BCUT2D eigenvalue weighted by atomic mass is 35.5. The number of nitrogens with zero attached hydrogens (tertiary/aromatic N) is 4. The molecule has 1 amide bonds. The Bertz CT molecular complexity index is 1070. The number of benzene rings is 1. The minimum atomic E-state index is -0.693. The van der Waals surface area contributed by atoms with Crippen molar-refractivity contribution in [2.45, 2.75) is 13.3 Å². The minimum Gasteiger partial charge on any atom is -0.451 e. The zero-order chi connectivity index (χ0) is 20.1. The van der Waals surface area contributed by atoms with E-state index in [9.17, 15) is 9.59 Å². The van der Waals surface area contributed by atoms with Gasteiger partial charge in [-0.25, -0.2) is 9.78 Å². The van der Waals surface area contributed by atoms with E-state index in [1.54, 1.807) is 41.1 Å². The number of carbonyl (C=O) groups is 2. The first-order valence-electron chi connectivity index (χ1n) is 8.53. The number of nitriles is 1. The van der Waals surface area contributed by atoms with Crippen molar-refractivity contribution in [3.63, 3.8) is 0 Å². The number of halogens is 1. The summed E-state index contributed by atoms with van der Waals surface area (Å²) >= 11 is 5.99. The van der Waals surface area contributed by atoms with Crippen molar-refractivity contribution >= 4 is 34.8 Å². The van der Waals surface area contributed by atoms with Gasteiger partial charge in [0.25, 0.3) is 5.91 Å². The number of rotatable bonds is 6. The van der Waals surface area contributed by atoms with Crippen LogP contribution >= 0.6 is 11.6 Å². The number of pyridine rings is 1. The van der Waals surface area contributed by atoms with Crippen molar-refractivity contribution in [3.8, 4) is 6.07 Å². The average molecular weight is 397 g/mol. The number of ether oxygens (including phenoxy) is 1. The van der Waals surface area contributed by atoms with Crippen LogP contribution < -0.4 is 4.90 Å². The Kier molecular flexibility index (Phi) is 5.92. The number of aromatic nitrogens is 2. The summed E-state index contributed by atoms with van der Waals surface area (Å²) in [4.78, 5) is 30.5. The van der Waals surface area contributed by atoms with E-state index in [0.717, 1.165) is 5.56 Å². The molecule has 0 atom stereocenters. The molecule has 0 fully saturated rings. The lowest BCUT2D eigenvalue weighted by Gasteiger charge is -2.21. The van der Waals surface area contributed by atoms with Gasteiger partial charge in [-0.2, -0.15) is 5.26 Å². The van der Waals surface area contributed by atoms with E-state index in [0.29, 0.717) is 16.4 Å². The normalized spacial score (nSPS) is 10.5. The second kappa shape index (κ2) is 8.55. The monoisotopic (exact) mass is 396 g/mol. The molecule has 0 radical (unpaired) electrons. The first-order valence-corrected chi connectivity index (χ1v) is 8.91. The van der Waals surface area contributed by atoms with Crippen molar-refractivity contribution in [1.82, 2.24) is 9.38 Å². The Morgan fingerprint density at radius 3 is 2.89 bits per heavy atom. The van der Waals surface area contributed by atoms with Crippen LogP contribution in [0.25, 0.3) is 5.65 Å². The van der Waals surface area contributed by atoms with Crippen LogP contribution in [-0.4, -0.2) is 34.4 Å². The molecule has 0 aliphatic carbocycles. The fourth-order valence-corrected chi connectivity index (χ4v) is 2.85. The highest BCUT2D eigenvalue weighted by Gasteiger charge is 2.19. The van der Waals surface area contributed by atoms with Crippen molar-refractivity contribution in [2.75, 3.05) is 18.1 Å². The molecular formula is C20H17ClN4O3. The third-order valence-electron chi connectivity index (χ3n) is 4.02. The van der Waals surface area contributed by atoms with Crippen molar-refractivity contribution in [2.24, 2.45) is 0 Å². The molecule has 28 heavy (non-hydrogen) atoms. The van der Waals surface area contributed by atoms with E-state index in [-0.39, 0.29) is 18.7 Å². The van der Waals surface area contributed by atoms with Gasteiger partial charge in [0.2, 0.25) is 0 Å². The summed E-state index contributed by atoms with van der Waals surface area (Å²) < 4.78 is 6.85. The molecule has 0 saturated carbocycles. The zero-order valence-corrected chi connectivity index (χ0v) is 15.9. The lowest BCUT2D eigenvalue weighted by molar-refractivity contribution is -0.121. The van der Waals surface area contributed by atoms with E-state index in [2.05, 4.69) is 4.98 Å². The van der Waals surface area contributed by atoms with Gasteiger partial charge in [-0.3, -0.25) is 4.79 Å². The number of hydrogen-bond donors (Lipinski definition) is 0. The molecule has 2 heterocycles. The van der Waals surface area contributed by atoms with Crippen molar-refractivity contribution in [3.05, 3.63) is 65.1 Å². The predicted octanol–water partition coefficient (Wildman–Crippen LogP) is 3.40. The van der Waals surface area contributed by atoms with E-state index >= 15 is 0 Å². The lowest BCUT2D eigenvalue weighted by atomic mass is 10.2. The summed E-state index contributed by atoms with van der Waals surface area (Å²) in [5, 5.41) is 9.31.